The molecule has 3 heterocycles. The molecule has 0 spiro atoms. The molecule has 1 aromatic carbocycles. The van der Waals surface area contributed by atoms with Gasteiger partial charge in [0.05, 0.1) is 42.1 Å². The summed E-state index contributed by atoms with van der Waals surface area (Å²) in [6.45, 7) is 0.763. The molecule has 0 saturated carbocycles. The molecule has 0 unspecified atom stereocenters. The Morgan fingerprint density at radius 1 is 1.29 bits per heavy atom. The number of hydrogen-bond acceptors (Lipinski definition) is 5. The minimum atomic E-state index is -0.479. The van der Waals surface area contributed by atoms with E-state index in [1.807, 2.05) is 24.3 Å². The standard InChI is InChI=1S/C19H22N6O3/c1-23-11-17(26)25-10-12(7-16(25)18(23)27)22-19(28)24(2)9-13-8-20-14-5-3-4-6-15(14)21-13/h3-6,8,12,16H,7,9-11H2,1-2H3,(H,22,28)/t12-,16+/m1/s1. The van der Waals surface area contributed by atoms with E-state index in [0.29, 0.717) is 25.2 Å². The first kappa shape index (κ1) is 18.1. The lowest BCUT2D eigenvalue weighted by Gasteiger charge is -2.33. The smallest absolute Gasteiger partial charge is 0.317 e. The van der Waals surface area contributed by atoms with Crippen LogP contribution in [-0.2, 0) is 16.1 Å². The monoisotopic (exact) mass is 382 g/mol. The zero-order chi connectivity index (χ0) is 19.8. The second-order valence-corrected chi connectivity index (χ2v) is 7.34. The number of piperazine rings is 1. The van der Waals surface area contributed by atoms with Gasteiger partial charge in [0.1, 0.15) is 6.04 Å². The number of fused-ring (bicyclic) bond motifs is 2. The minimum Gasteiger partial charge on any atom is -0.335 e. The lowest BCUT2D eigenvalue weighted by molar-refractivity contribution is -0.152. The molecule has 9 nitrogen and oxygen atoms in total. The fourth-order valence-electron chi connectivity index (χ4n) is 3.75. The van der Waals surface area contributed by atoms with Crippen molar-refractivity contribution in [1.29, 1.82) is 0 Å². The number of urea groups is 1. The molecule has 0 radical (unpaired) electrons. The van der Waals surface area contributed by atoms with Crippen LogP contribution in [-0.4, -0.2) is 81.8 Å². The number of nitrogens with one attached hydrogen (secondary N) is 1. The molecule has 0 aliphatic carbocycles. The van der Waals surface area contributed by atoms with Gasteiger partial charge >= 0.3 is 6.03 Å². The zero-order valence-electron chi connectivity index (χ0n) is 15.8. The number of nitrogens with zero attached hydrogens (tertiary/aromatic N) is 5. The van der Waals surface area contributed by atoms with Gasteiger partial charge in [-0.1, -0.05) is 12.1 Å². The van der Waals surface area contributed by atoms with E-state index in [-0.39, 0.29) is 30.4 Å². The van der Waals surface area contributed by atoms with Crippen LogP contribution in [0, 0.1) is 0 Å². The summed E-state index contributed by atoms with van der Waals surface area (Å²) in [4.78, 5) is 50.4. The minimum absolute atomic E-state index is 0.0730. The molecular formula is C19H22N6O3. The molecule has 1 N–H and O–H groups in total. The number of hydrogen-bond donors (Lipinski definition) is 1. The van der Waals surface area contributed by atoms with Crippen molar-refractivity contribution >= 4 is 28.9 Å². The number of rotatable bonds is 3. The summed E-state index contributed by atoms with van der Waals surface area (Å²) in [5, 5.41) is 2.92. The van der Waals surface area contributed by atoms with Crippen LogP contribution in [0.25, 0.3) is 11.0 Å². The quantitative estimate of drug-likeness (QED) is 0.818. The molecule has 28 heavy (non-hydrogen) atoms. The fourth-order valence-corrected chi connectivity index (χ4v) is 3.75. The van der Waals surface area contributed by atoms with E-state index < -0.39 is 6.04 Å². The fraction of sp³-hybridized carbons (Fsp3) is 0.421. The summed E-state index contributed by atoms with van der Waals surface area (Å²) in [7, 11) is 3.31. The molecule has 2 aliphatic rings. The maximum atomic E-state index is 12.6. The molecule has 2 atom stereocenters. The molecule has 4 rings (SSSR count). The maximum Gasteiger partial charge on any atom is 0.317 e. The third-order valence-electron chi connectivity index (χ3n) is 5.23. The van der Waals surface area contributed by atoms with Gasteiger partial charge in [0.15, 0.2) is 0 Å². The predicted molar refractivity (Wildman–Crippen MR) is 101 cm³/mol. The van der Waals surface area contributed by atoms with E-state index in [1.165, 1.54) is 9.80 Å². The van der Waals surface area contributed by atoms with Gasteiger partial charge in [0.2, 0.25) is 11.8 Å². The van der Waals surface area contributed by atoms with Crippen molar-refractivity contribution in [3.63, 3.8) is 0 Å². The van der Waals surface area contributed by atoms with E-state index in [2.05, 4.69) is 15.3 Å². The Kier molecular flexibility index (Phi) is 4.58. The van der Waals surface area contributed by atoms with Crippen LogP contribution < -0.4 is 5.32 Å². The Morgan fingerprint density at radius 2 is 2.04 bits per heavy atom. The number of para-hydroxylation sites is 2. The van der Waals surface area contributed by atoms with Crippen molar-refractivity contribution in [2.45, 2.75) is 25.0 Å². The molecule has 9 heteroatoms. The second-order valence-electron chi connectivity index (χ2n) is 7.34. The van der Waals surface area contributed by atoms with E-state index in [4.69, 9.17) is 0 Å². The first-order valence-electron chi connectivity index (χ1n) is 9.19. The molecule has 2 aliphatic heterocycles. The first-order chi connectivity index (χ1) is 13.4. The SMILES string of the molecule is CN(Cc1cnc2ccccc2n1)C(=O)N[C@@H]1C[C@H]2C(=O)N(C)CC(=O)N2C1. The Morgan fingerprint density at radius 3 is 2.82 bits per heavy atom. The summed E-state index contributed by atoms with van der Waals surface area (Å²) in [5.41, 5.74) is 2.27. The van der Waals surface area contributed by atoms with E-state index in [9.17, 15) is 14.4 Å². The van der Waals surface area contributed by atoms with Gasteiger partial charge in [-0.25, -0.2) is 9.78 Å². The summed E-state index contributed by atoms with van der Waals surface area (Å²) in [6.07, 6.45) is 2.10. The van der Waals surface area contributed by atoms with Crippen LogP contribution in [0.5, 0.6) is 0 Å². The lowest BCUT2D eigenvalue weighted by Crippen LogP contribution is -2.55. The first-order valence-corrected chi connectivity index (χ1v) is 9.19. The highest BCUT2D eigenvalue weighted by atomic mass is 16.2. The Hall–Kier alpha value is -3.23. The highest BCUT2D eigenvalue weighted by Crippen LogP contribution is 2.23. The van der Waals surface area contributed by atoms with Gasteiger partial charge in [-0.15, -0.1) is 0 Å². The van der Waals surface area contributed by atoms with E-state index in [0.717, 1.165) is 11.0 Å². The second kappa shape index (κ2) is 7.06. The molecule has 2 saturated heterocycles. The molecule has 2 fully saturated rings. The van der Waals surface area contributed by atoms with Crippen LogP contribution in [0.2, 0.25) is 0 Å². The third kappa shape index (κ3) is 3.35. The Labute approximate surface area is 162 Å². The molecule has 146 valence electrons. The van der Waals surface area contributed by atoms with E-state index in [1.54, 1.807) is 25.2 Å². The van der Waals surface area contributed by atoms with Crippen molar-refractivity contribution in [3.8, 4) is 0 Å². The van der Waals surface area contributed by atoms with Gasteiger partial charge in [-0.05, 0) is 18.6 Å². The normalized spacial score (nSPS) is 21.8. The summed E-state index contributed by atoms with van der Waals surface area (Å²) < 4.78 is 0. The van der Waals surface area contributed by atoms with E-state index >= 15 is 0 Å². The average molecular weight is 382 g/mol. The van der Waals surface area contributed by atoms with Crippen LogP contribution in [0.4, 0.5) is 4.79 Å². The Bertz CT molecular complexity index is 948. The number of likely N-dealkylation sites (N-methyl/N-ethyl adjacent to an activating group) is 1. The number of carbonyl (C=O) groups is 3. The molecule has 2 aromatic rings. The third-order valence-corrected chi connectivity index (χ3v) is 5.23. The topological polar surface area (TPSA) is 98.7 Å². The maximum absolute atomic E-state index is 12.6. The lowest BCUT2D eigenvalue weighted by atomic mass is 10.1. The van der Waals surface area contributed by atoms with Crippen molar-refractivity contribution in [3.05, 3.63) is 36.2 Å². The van der Waals surface area contributed by atoms with Gasteiger partial charge < -0.3 is 20.0 Å². The summed E-state index contributed by atoms with van der Waals surface area (Å²) >= 11 is 0. The highest BCUT2D eigenvalue weighted by molar-refractivity contribution is 5.95. The number of amides is 4. The van der Waals surface area contributed by atoms with Gasteiger partial charge in [-0.3, -0.25) is 14.6 Å². The number of benzene rings is 1. The largest absolute Gasteiger partial charge is 0.335 e. The van der Waals surface area contributed by atoms with Gasteiger partial charge in [-0.2, -0.15) is 0 Å². The average Bonchev–Trinajstić information content (AvgIpc) is 3.10. The van der Waals surface area contributed by atoms with Crippen LogP contribution in [0.3, 0.4) is 0 Å². The van der Waals surface area contributed by atoms with Crippen LogP contribution >= 0.6 is 0 Å². The molecule has 1 aromatic heterocycles. The molecular weight excluding hydrogens is 360 g/mol. The predicted octanol–water partition coefficient (Wildman–Crippen LogP) is 0.213. The summed E-state index contributed by atoms with van der Waals surface area (Å²) in [5.74, 6) is -0.153. The Balaban J connectivity index is 1.38. The van der Waals surface area contributed by atoms with Crippen molar-refractivity contribution in [1.82, 2.24) is 30.0 Å². The number of carbonyl (C=O) groups excluding carboxylic acids is 3. The van der Waals surface area contributed by atoms with Gasteiger partial charge in [0, 0.05) is 20.6 Å². The van der Waals surface area contributed by atoms with Gasteiger partial charge in [0.25, 0.3) is 0 Å². The number of aromatic nitrogens is 2. The molecule has 4 amide bonds. The van der Waals surface area contributed by atoms with Crippen molar-refractivity contribution < 1.29 is 14.4 Å². The van der Waals surface area contributed by atoms with Crippen molar-refractivity contribution in [2.24, 2.45) is 0 Å². The van der Waals surface area contributed by atoms with Crippen molar-refractivity contribution in [2.75, 3.05) is 27.2 Å². The highest BCUT2D eigenvalue weighted by Gasteiger charge is 2.45. The molecule has 0 bridgehead atoms. The van der Waals surface area contributed by atoms with Crippen LogP contribution in [0.1, 0.15) is 12.1 Å². The summed E-state index contributed by atoms with van der Waals surface area (Å²) in [6, 6.07) is 6.57. The zero-order valence-corrected chi connectivity index (χ0v) is 15.8. The van der Waals surface area contributed by atoms with Crippen LogP contribution in [0.15, 0.2) is 30.5 Å².